The molecule has 1 aromatic heterocycles. The molecule has 2 aromatic carbocycles. The normalized spacial score (nSPS) is 12.5. The Balaban J connectivity index is 2.17. The van der Waals surface area contributed by atoms with Gasteiger partial charge in [-0.3, -0.25) is 4.79 Å². The Morgan fingerprint density at radius 3 is 2.36 bits per heavy atom. The van der Waals surface area contributed by atoms with Crippen LogP contribution in [0.5, 0.6) is 5.75 Å². The molecule has 3 rings (SSSR count). The number of carbonyl (C=O) groups excluding carboxylic acids is 1. The molecule has 0 saturated heterocycles. The lowest BCUT2D eigenvalue weighted by molar-refractivity contribution is -0.137. The number of aromatic hydroxyl groups is 1. The zero-order valence-corrected chi connectivity index (χ0v) is 12.5. The van der Waals surface area contributed by atoms with Crippen LogP contribution < -0.4 is 11.3 Å². The fraction of sp³-hybridized carbons (Fsp3) is 0.0588. The predicted octanol–water partition coefficient (Wildman–Crippen LogP) is 3.49. The van der Waals surface area contributed by atoms with E-state index in [2.05, 4.69) is 4.99 Å². The molecule has 0 aliphatic rings. The van der Waals surface area contributed by atoms with Crippen LogP contribution in [0.4, 0.5) is 18.9 Å². The van der Waals surface area contributed by atoms with Crippen LogP contribution in [0.15, 0.2) is 57.9 Å². The maximum absolute atomic E-state index is 12.6. The van der Waals surface area contributed by atoms with Gasteiger partial charge in [-0.15, -0.1) is 0 Å². The Hall–Kier alpha value is -3.29. The number of hydrogen-bond donors (Lipinski definition) is 2. The summed E-state index contributed by atoms with van der Waals surface area (Å²) < 4.78 is 43.3. The maximum Gasteiger partial charge on any atom is 0.416 e. The highest BCUT2D eigenvalue weighted by atomic mass is 19.4. The van der Waals surface area contributed by atoms with E-state index < -0.39 is 17.6 Å². The van der Waals surface area contributed by atoms with E-state index in [0.29, 0.717) is 5.39 Å². The number of nitrogens with two attached hydrogens (primary N) is 1. The molecule has 0 spiro atoms. The molecule has 5 nitrogen and oxygen atoms in total. The number of primary amides is 1. The van der Waals surface area contributed by atoms with Crippen molar-refractivity contribution in [2.75, 3.05) is 0 Å². The van der Waals surface area contributed by atoms with Crippen molar-refractivity contribution in [1.82, 2.24) is 0 Å². The molecular weight excluding hydrogens is 337 g/mol. The molecular formula is C17H11F3N2O3. The van der Waals surface area contributed by atoms with E-state index in [1.807, 2.05) is 0 Å². The van der Waals surface area contributed by atoms with E-state index >= 15 is 0 Å². The van der Waals surface area contributed by atoms with Crippen molar-refractivity contribution in [3.8, 4) is 5.75 Å². The minimum atomic E-state index is -4.46. The molecule has 0 aliphatic heterocycles. The van der Waals surface area contributed by atoms with Gasteiger partial charge in [0, 0.05) is 11.5 Å². The molecule has 0 atom stereocenters. The second-order valence-corrected chi connectivity index (χ2v) is 5.21. The molecule has 3 aromatic rings. The zero-order chi connectivity index (χ0) is 18.2. The van der Waals surface area contributed by atoms with Crippen molar-refractivity contribution in [2.45, 2.75) is 6.18 Å². The number of halogens is 3. The number of phenolic OH excluding ortho intramolecular Hbond substituents is 1. The van der Waals surface area contributed by atoms with E-state index in [-0.39, 0.29) is 28.1 Å². The van der Waals surface area contributed by atoms with E-state index in [1.54, 1.807) is 0 Å². The van der Waals surface area contributed by atoms with Gasteiger partial charge in [0.05, 0.1) is 11.3 Å². The van der Waals surface area contributed by atoms with Crippen LogP contribution in [-0.4, -0.2) is 11.0 Å². The third-order valence-electron chi connectivity index (χ3n) is 3.42. The summed E-state index contributed by atoms with van der Waals surface area (Å²) in [6, 6.07) is 9.74. The van der Waals surface area contributed by atoms with Crippen molar-refractivity contribution in [3.05, 3.63) is 65.2 Å². The van der Waals surface area contributed by atoms with E-state index in [4.69, 9.17) is 10.2 Å². The topological polar surface area (TPSA) is 88.8 Å². The van der Waals surface area contributed by atoms with Gasteiger partial charge in [-0.05, 0) is 42.5 Å². The number of carbonyl (C=O) groups is 1. The Bertz CT molecular complexity index is 1020. The van der Waals surface area contributed by atoms with Crippen LogP contribution in [0.1, 0.15) is 15.9 Å². The fourth-order valence-electron chi connectivity index (χ4n) is 2.21. The minimum absolute atomic E-state index is 0.0295. The number of phenols is 1. The number of fused-ring (bicyclic) bond motifs is 1. The average Bonchev–Trinajstić information content (AvgIpc) is 2.53. The second-order valence-electron chi connectivity index (χ2n) is 5.21. The van der Waals surface area contributed by atoms with Crippen molar-refractivity contribution in [1.29, 1.82) is 0 Å². The molecule has 0 aliphatic carbocycles. The summed E-state index contributed by atoms with van der Waals surface area (Å²) in [6.45, 7) is 0. The molecule has 1 heterocycles. The van der Waals surface area contributed by atoms with Crippen LogP contribution in [-0.2, 0) is 6.18 Å². The van der Waals surface area contributed by atoms with Crippen molar-refractivity contribution in [2.24, 2.45) is 10.7 Å². The highest BCUT2D eigenvalue weighted by Gasteiger charge is 2.29. The van der Waals surface area contributed by atoms with Gasteiger partial charge in [0.2, 0.25) is 5.55 Å². The average molecular weight is 348 g/mol. The first-order valence-electron chi connectivity index (χ1n) is 7.03. The summed E-state index contributed by atoms with van der Waals surface area (Å²) in [6.07, 6.45) is -4.46. The SMILES string of the molecule is NC(=O)c1cc2ccc(O)cc2oc1=Nc1ccc(C(F)(F)F)cc1. The Labute approximate surface area is 138 Å². The van der Waals surface area contributed by atoms with Crippen LogP contribution in [0.2, 0.25) is 0 Å². The number of rotatable bonds is 2. The molecule has 8 heteroatoms. The van der Waals surface area contributed by atoms with Crippen LogP contribution in [0, 0.1) is 0 Å². The quantitative estimate of drug-likeness (QED) is 0.743. The largest absolute Gasteiger partial charge is 0.508 e. The Morgan fingerprint density at radius 2 is 1.76 bits per heavy atom. The zero-order valence-electron chi connectivity index (χ0n) is 12.5. The van der Waals surface area contributed by atoms with E-state index in [9.17, 15) is 23.1 Å². The molecule has 0 saturated carbocycles. The highest BCUT2D eigenvalue weighted by molar-refractivity contribution is 5.95. The standard InChI is InChI=1S/C17H11F3N2O3/c18-17(19,20)10-2-4-11(5-3-10)22-16-13(15(21)24)7-9-1-6-12(23)8-14(9)25-16/h1-8,23H,(H2,21,24). The smallest absolute Gasteiger partial charge is 0.416 e. The molecule has 0 fully saturated rings. The predicted molar refractivity (Wildman–Crippen MR) is 83.1 cm³/mol. The minimum Gasteiger partial charge on any atom is -0.508 e. The van der Waals surface area contributed by atoms with Crippen molar-refractivity contribution in [3.63, 3.8) is 0 Å². The van der Waals surface area contributed by atoms with Gasteiger partial charge in [-0.25, -0.2) is 4.99 Å². The van der Waals surface area contributed by atoms with Gasteiger partial charge in [0.15, 0.2) is 0 Å². The van der Waals surface area contributed by atoms with E-state index in [1.165, 1.54) is 24.3 Å². The summed E-state index contributed by atoms with van der Waals surface area (Å²) in [5.74, 6) is -0.854. The highest BCUT2D eigenvalue weighted by Crippen LogP contribution is 2.30. The third-order valence-corrected chi connectivity index (χ3v) is 3.42. The van der Waals surface area contributed by atoms with Gasteiger partial charge in [-0.1, -0.05) is 0 Å². The maximum atomic E-state index is 12.6. The lowest BCUT2D eigenvalue weighted by Crippen LogP contribution is -2.21. The summed E-state index contributed by atoms with van der Waals surface area (Å²) in [7, 11) is 0. The first-order valence-corrected chi connectivity index (χ1v) is 7.03. The number of hydrogen-bond acceptors (Lipinski definition) is 4. The summed E-state index contributed by atoms with van der Waals surface area (Å²) in [5, 5.41) is 10.0. The lowest BCUT2D eigenvalue weighted by Gasteiger charge is -2.06. The monoisotopic (exact) mass is 348 g/mol. The van der Waals surface area contributed by atoms with Crippen LogP contribution in [0.25, 0.3) is 11.0 Å². The Morgan fingerprint density at radius 1 is 1.08 bits per heavy atom. The fourth-order valence-corrected chi connectivity index (χ4v) is 2.21. The van der Waals surface area contributed by atoms with Gasteiger partial charge in [0.1, 0.15) is 16.9 Å². The summed E-state index contributed by atoms with van der Waals surface area (Å²) in [5.41, 5.74) is 4.70. The lowest BCUT2D eigenvalue weighted by atomic mass is 10.1. The first-order chi connectivity index (χ1) is 11.7. The molecule has 0 unspecified atom stereocenters. The molecule has 1 amide bonds. The molecule has 0 radical (unpaired) electrons. The summed E-state index contributed by atoms with van der Waals surface area (Å²) >= 11 is 0. The molecule has 0 bridgehead atoms. The Kier molecular flexibility index (Phi) is 3.96. The second kappa shape index (κ2) is 5.97. The number of nitrogens with zero attached hydrogens (tertiary/aromatic N) is 1. The van der Waals surface area contributed by atoms with Crippen LogP contribution >= 0.6 is 0 Å². The number of benzene rings is 2. The first kappa shape index (κ1) is 16.6. The van der Waals surface area contributed by atoms with Gasteiger partial charge < -0.3 is 15.3 Å². The van der Waals surface area contributed by atoms with Crippen molar-refractivity contribution < 1.29 is 27.5 Å². The van der Waals surface area contributed by atoms with Gasteiger partial charge in [0.25, 0.3) is 5.91 Å². The van der Waals surface area contributed by atoms with Gasteiger partial charge in [-0.2, -0.15) is 13.2 Å². The van der Waals surface area contributed by atoms with Crippen LogP contribution in [0.3, 0.4) is 0 Å². The number of amides is 1. The van der Waals surface area contributed by atoms with E-state index in [0.717, 1.165) is 24.3 Å². The van der Waals surface area contributed by atoms with Crippen molar-refractivity contribution >= 4 is 22.6 Å². The molecule has 128 valence electrons. The van der Waals surface area contributed by atoms with Gasteiger partial charge >= 0.3 is 6.18 Å². The number of alkyl halides is 3. The summed E-state index contributed by atoms with van der Waals surface area (Å²) in [4.78, 5) is 15.7. The molecule has 3 N–H and O–H groups in total. The third kappa shape index (κ3) is 3.47. The molecule has 25 heavy (non-hydrogen) atoms.